The number of amides is 1. The quantitative estimate of drug-likeness (QED) is 0.742. The molecule has 0 aliphatic carbocycles. The zero-order valence-corrected chi connectivity index (χ0v) is 11.3. The first-order valence-electron chi connectivity index (χ1n) is 6.16. The smallest absolute Gasteiger partial charge is 0.239 e. The van der Waals surface area contributed by atoms with Crippen molar-refractivity contribution in [2.45, 2.75) is 13.3 Å². The lowest BCUT2D eigenvalue weighted by Crippen LogP contribution is -2.36. The van der Waals surface area contributed by atoms with Crippen molar-refractivity contribution in [1.82, 2.24) is 14.7 Å². The average Bonchev–Trinajstić information content (AvgIpc) is 2.71. The van der Waals surface area contributed by atoms with Gasteiger partial charge >= 0.3 is 0 Å². The molecule has 0 saturated carbocycles. The van der Waals surface area contributed by atoms with E-state index >= 15 is 0 Å². The van der Waals surface area contributed by atoms with Crippen LogP contribution in [0.3, 0.4) is 0 Å². The Bertz CT molecular complexity index is 365. The van der Waals surface area contributed by atoms with Crippen LogP contribution in [0.2, 0.25) is 0 Å². The molecule has 0 unspecified atom stereocenters. The Morgan fingerprint density at radius 3 is 2.89 bits per heavy atom. The highest BCUT2D eigenvalue weighted by molar-refractivity contribution is 5.91. The van der Waals surface area contributed by atoms with Gasteiger partial charge in [-0.2, -0.15) is 5.10 Å². The first-order chi connectivity index (χ1) is 8.65. The third-order valence-corrected chi connectivity index (χ3v) is 2.50. The Morgan fingerprint density at radius 2 is 2.33 bits per heavy atom. The second-order valence-electron chi connectivity index (χ2n) is 4.19. The average molecular weight is 254 g/mol. The normalized spacial score (nSPS) is 10.9. The fourth-order valence-corrected chi connectivity index (χ4v) is 1.67. The lowest BCUT2D eigenvalue weighted by atomic mass is 10.4. The monoisotopic (exact) mass is 254 g/mol. The van der Waals surface area contributed by atoms with E-state index in [1.807, 2.05) is 7.05 Å². The predicted octanol–water partition coefficient (Wildman–Crippen LogP) is 0.717. The van der Waals surface area contributed by atoms with Crippen molar-refractivity contribution in [2.75, 3.05) is 38.7 Å². The summed E-state index contributed by atoms with van der Waals surface area (Å²) in [7, 11) is 3.48. The Labute approximate surface area is 108 Å². The van der Waals surface area contributed by atoms with Crippen LogP contribution in [0.15, 0.2) is 12.3 Å². The van der Waals surface area contributed by atoms with Gasteiger partial charge in [-0.1, -0.05) is 6.92 Å². The summed E-state index contributed by atoms with van der Waals surface area (Å²) < 4.78 is 6.69. The van der Waals surface area contributed by atoms with Crippen LogP contribution in [-0.4, -0.2) is 53.9 Å². The van der Waals surface area contributed by atoms with Crippen LogP contribution in [0, 0.1) is 0 Å². The number of aryl methyl sites for hydroxylation is 1. The molecule has 1 rings (SSSR count). The third kappa shape index (κ3) is 5.29. The Morgan fingerprint density at radius 1 is 1.56 bits per heavy atom. The molecule has 0 aliphatic rings. The molecule has 0 saturated heterocycles. The lowest BCUT2D eigenvalue weighted by molar-refractivity contribution is -0.117. The highest BCUT2D eigenvalue weighted by Gasteiger charge is 2.10. The van der Waals surface area contributed by atoms with Gasteiger partial charge in [-0.25, -0.2) is 0 Å². The molecule has 0 atom stereocenters. The maximum atomic E-state index is 11.8. The number of ether oxygens (including phenoxy) is 1. The van der Waals surface area contributed by atoms with Crippen molar-refractivity contribution in [3.63, 3.8) is 0 Å². The van der Waals surface area contributed by atoms with Crippen molar-refractivity contribution >= 4 is 11.7 Å². The van der Waals surface area contributed by atoms with Gasteiger partial charge in [0.2, 0.25) is 5.91 Å². The molecule has 0 fully saturated rings. The van der Waals surface area contributed by atoms with Crippen LogP contribution < -0.4 is 5.32 Å². The number of nitrogens with zero attached hydrogens (tertiary/aromatic N) is 3. The number of anilines is 1. The second kappa shape index (κ2) is 7.84. The van der Waals surface area contributed by atoms with E-state index < -0.39 is 0 Å². The predicted molar refractivity (Wildman–Crippen MR) is 70.4 cm³/mol. The molecule has 0 bridgehead atoms. The minimum absolute atomic E-state index is 0.0433. The van der Waals surface area contributed by atoms with E-state index in [1.54, 1.807) is 24.1 Å². The summed E-state index contributed by atoms with van der Waals surface area (Å²) in [4.78, 5) is 13.9. The van der Waals surface area contributed by atoms with E-state index in [4.69, 9.17) is 4.74 Å². The van der Waals surface area contributed by atoms with Gasteiger partial charge in [0.1, 0.15) is 0 Å². The van der Waals surface area contributed by atoms with Gasteiger partial charge in [0.05, 0.1) is 13.2 Å². The topological polar surface area (TPSA) is 59.4 Å². The zero-order valence-electron chi connectivity index (χ0n) is 11.3. The SMILES string of the molecule is CCCN(CCOC)CC(=O)Nc1ccn(C)n1. The number of rotatable bonds is 8. The van der Waals surface area contributed by atoms with E-state index in [9.17, 15) is 4.79 Å². The molecule has 6 heteroatoms. The molecule has 1 amide bonds. The van der Waals surface area contributed by atoms with E-state index in [-0.39, 0.29) is 5.91 Å². The third-order valence-electron chi connectivity index (χ3n) is 2.50. The minimum Gasteiger partial charge on any atom is -0.383 e. The summed E-state index contributed by atoms with van der Waals surface area (Å²) in [6, 6.07) is 1.78. The van der Waals surface area contributed by atoms with Crippen LogP contribution in [0.5, 0.6) is 0 Å². The second-order valence-corrected chi connectivity index (χ2v) is 4.19. The number of hydrogen-bond donors (Lipinski definition) is 1. The molecule has 0 aliphatic heterocycles. The molecule has 1 N–H and O–H groups in total. The first-order valence-corrected chi connectivity index (χ1v) is 6.16. The maximum Gasteiger partial charge on any atom is 0.239 e. The summed E-state index contributed by atoms with van der Waals surface area (Å²) in [6.07, 6.45) is 2.81. The lowest BCUT2D eigenvalue weighted by Gasteiger charge is -2.20. The molecular formula is C12H22N4O2. The number of nitrogens with one attached hydrogen (secondary N) is 1. The van der Waals surface area contributed by atoms with Crippen LogP contribution in [0.1, 0.15) is 13.3 Å². The van der Waals surface area contributed by atoms with Crippen molar-refractivity contribution in [2.24, 2.45) is 7.05 Å². The molecule has 6 nitrogen and oxygen atoms in total. The molecular weight excluding hydrogens is 232 g/mol. The number of aromatic nitrogens is 2. The molecule has 102 valence electrons. The molecule has 0 radical (unpaired) electrons. The van der Waals surface area contributed by atoms with E-state index in [0.717, 1.165) is 19.5 Å². The summed E-state index contributed by atoms with van der Waals surface area (Å²) in [5.74, 6) is 0.545. The summed E-state index contributed by atoms with van der Waals surface area (Å²) in [6.45, 7) is 4.75. The van der Waals surface area contributed by atoms with Crippen LogP contribution in [0.4, 0.5) is 5.82 Å². The van der Waals surface area contributed by atoms with Gasteiger partial charge in [0.15, 0.2) is 5.82 Å². The maximum absolute atomic E-state index is 11.8. The van der Waals surface area contributed by atoms with Crippen molar-refractivity contribution in [3.8, 4) is 0 Å². The fourth-order valence-electron chi connectivity index (χ4n) is 1.67. The summed E-state index contributed by atoms with van der Waals surface area (Å²) in [5, 5.41) is 6.88. The van der Waals surface area contributed by atoms with Crippen LogP contribution in [0.25, 0.3) is 0 Å². The molecule has 1 heterocycles. The Balaban J connectivity index is 2.40. The van der Waals surface area contributed by atoms with Gasteiger partial charge in [-0.3, -0.25) is 14.4 Å². The standard InChI is InChI=1S/C12H22N4O2/c1-4-6-16(8-9-18-3)10-12(17)13-11-5-7-15(2)14-11/h5,7H,4,6,8-10H2,1-3H3,(H,13,14,17). The summed E-state index contributed by atoms with van der Waals surface area (Å²) in [5.41, 5.74) is 0. The van der Waals surface area contributed by atoms with Crippen molar-refractivity contribution < 1.29 is 9.53 Å². The zero-order chi connectivity index (χ0) is 13.4. The van der Waals surface area contributed by atoms with Gasteiger partial charge < -0.3 is 10.1 Å². The van der Waals surface area contributed by atoms with E-state index in [2.05, 4.69) is 22.2 Å². The van der Waals surface area contributed by atoms with Crippen molar-refractivity contribution in [3.05, 3.63) is 12.3 Å². The minimum atomic E-state index is -0.0433. The Hall–Kier alpha value is -1.40. The highest BCUT2D eigenvalue weighted by Crippen LogP contribution is 2.01. The molecule has 0 spiro atoms. The molecule has 18 heavy (non-hydrogen) atoms. The van der Waals surface area contributed by atoms with Crippen LogP contribution >= 0.6 is 0 Å². The number of carbonyl (C=O) groups is 1. The molecule has 1 aromatic rings. The fraction of sp³-hybridized carbons (Fsp3) is 0.667. The highest BCUT2D eigenvalue weighted by atomic mass is 16.5. The van der Waals surface area contributed by atoms with E-state index in [1.165, 1.54) is 0 Å². The van der Waals surface area contributed by atoms with Crippen LogP contribution in [-0.2, 0) is 16.6 Å². The summed E-state index contributed by atoms with van der Waals surface area (Å²) >= 11 is 0. The molecule has 1 aromatic heterocycles. The largest absolute Gasteiger partial charge is 0.383 e. The first kappa shape index (κ1) is 14.7. The van der Waals surface area contributed by atoms with Gasteiger partial charge in [0, 0.05) is 33.0 Å². The van der Waals surface area contributed by atoms with Gasteiger partial charge in [-0.15, -0.1) is 0 Å². The van der Waals surface area contributed by atoms with Crippen molar-refractivity contribution in [1.29, 1.82) is 0 Å². The number of methoxy groups -OCH3 is 1. The molecule has 0 aromatic carbocycles. The Kier molecular flexibility index (Phi) is 6.38. The van der Waals surface area contributed by atoms with Gasteiger partial charge in [0.25, 0.3) is 0 Å². The number of hydrogen-bond acceptors (Lipinski definition) is 4. The van der Waals surface area contributed by atoms with Gasteiger partial charge in [-0.05, 0) is 13.0 Å². The number of carbonyl (C=O) groups excluding carboxylic acids is 1. The van der Waals surface area contributed by atoms with E-state index in [0.29, 0.717) is 19.0 Å².